The number of aryl methyl sites for hydroxylation is 2. The van der Waals surface area contributed by atoms with E-state index in [4.69, 9.17) is 15.7 Å². The fourth-order valence-electron chi connectivity index (χ4n) is 2.13. The number of carbonyl (C=O) groups is 1. The summed E-state index contributed by atoms with van der Waals surface area (Å²) < 4.78 is 5.83. The van der Waals surface area contributed by atoms with Crippen LogP contribution in [0.15, 0.2) is 47.6 Å². The molecule has 0 saturated heterocycles. The number of ether oxygens (including phenoxy) is 1. The van der Waals surface area contributed by atoms with Crippen LogP contribution in [-0.4, -0.2) is 16.8 Å². The normalized spacial score (nSPS) is 11.3. The molecule has 5 heteroatoms. The van der Waals surface area contributed by atoms with Crippen molar-refractivity contribution in [1.29, 1.82) is 0 Å². The number of benzene rings is 2. The maximum atomic E-state index is 11.3. The zero-order valence-corrected chi connectivity index (χ0v) is 12.5. The summed E-state index contributed by atoms with van der Waals surface area (Å²) in [6.07, 6.45) is 0. The van der Waals surface area contributed by atoms with Gasteiger partial charge in [-0.2, -0.15) is 0 Å². The van der Waals surface area contributed by atoms with Gasteiger partial charge in [-0.3, -0.25) is 4.79 Å². The molecule has 114 valence electrons. The molecule has 3 N–H and O–H groups in total. The van der Waals surface area contributed by atoms with Crippen LogP contribution in [0.1, 0.15) is 22.3 Å². The first kappa shape index (κ1) is 15.6. The summed E-state index contributed by atoms with van der Waals surface area (Å²) in [5.74, 6) is -0.0157. The lowest BCUT2D eigenvalue weighted by Gasteiger charge is -2.13. The molecule has 0 spiro atoms. The van der Waals surface area contributed by atoms with E-state index in [1.807, 2.05) is 38.1 Å². The highest BCUT2D eigenvalue weighted by Gasteiger charge is 2.15. The average Bonchev–Trinajstić information content (AvgIpc) is 2.50. The van der Waals surface area contributed by atoms with Crippen LogP contribution in [0.25, 0.3) is 0 Å². The number of amides is 1. The molecule has 2 aromatic carbocycles. The molecule has 0 saturated carbocycles. The minimum absolute atomic E-state index is 0.180. The van der Waals surface area contributed by atoms with Gasteiger partial charge in [0.25, 0.3) is 5.91 Å². The van der Waals surface area contributed by atoms with E-state index in [1.165, 1.54) is 0 Å². The van der Waals surface area contributed by atoms with Crippen LogP contribution >= 0.6 is 0 Å². The third-order valence-electron chi connectivity index (χ3n) is 3.33. The Morgan fingerprint density at radius 1 is 1.23 bits per heavy atom. The van der Waals surface area contributed by atoms with Crippen molar-refractivity contribution < 1.29 is 14.7 Å². The van der Waals surface area contributed by atoms with E-state index < -0.39 is 5.91 Å². The number of carbonyl (C=O) groups excluding carboxylic acids is 1. The second-order valence-electron chi connectivity index (χ2n) is 5.03. The third kappa shape index (κ3) is 3.44. The molecule has 5 nitrogen and oxygen atoms in total. The van der Waals surface area contributed by atoms with Gasteiger partial charge in [-0.1, -0.05) is 41.6 Å². The maximum Gasteiger partial charge on any atom is 0.271 e. The van der Waals surface area contributed by atoms with Crippen molar-refractivity contribution in [2.24, 2.45) is 10.9 Å². The highest BCUT2D eigenvalue weighted by molar-refractivity contribution is 6.45. The molecule has 0 radical (unpaired) electrons. The molecule has 0 bridgehead atoms. The van der Waals surface area contributed by atoms with Crippen LogP contribution < -0.4 is 10.5 Å². The Morgan fingerprint density at radius 2 is 1.95 bits per heavy atom. The van der Waals surface area contributed by atoms with Crippen molar-refractivity contribution in [3.63, 3.8) is 0 Å². The molecular weight excluding hydrogens is 280 g/mol. The van der Waals surface area contributed by atoms with Gasteiger partial charge in [0.1, 0.15) is 12.4 Å². The third-order valence-corrected chi connectivity index (χ3v) is 3.33. The number of hydrogen-bond donors (Lipinski definition) is 2. The first-order valence-corrected chi connectivity index (χ1v) is 6.83. The second kappa shape index (κ2) is 6.76. The maximum absolute atomic E-state index is 11.3. The predicted octanol–water partition coefficient (Wildman–Crippen LogP) is 2.55. The summed E-state index contributed by atoms with van der Waals surface area (Å²) >= 11 is 0. The minimum Gasteiger partial charge on any atom is -0.489 e. The average molecular weight is 298 g/mol. The standard InChI is InChI=1S/C17H18N2O3/c1-11-7-8-12(2)15(9-11)22-10-13-5-3-4-6-14(13)16(19-21)17(18)20/h3-9,21H,10H2,1-2H3,(H2,18,20)/b19-16-. The highest BCUT2D eigenvalue weighted by atomic mass is 16.5. The van der Waals surface area contributed by atoms with E-state index in [9.17, 15) is 4.79 Å². The lowest BCUT2D eigenvalue weighted by atomic mass is 10.0. The lowest BCUT2D eigenvalue weighted by molar-refractivity contribution is -0.112. The number of nitrogens with zero attached hydrogens (tertiary/aromatic N) is 1. The van der Waals surface area contributed by atoms with Gasteiger partial charge in [-0.15, -0.1) is 0 Å². The van der Waals surface area contributed by atoms with Gasteiger partial charge in [0, 0.05) is 5.56 Å². The summed E-state index contributed by atoms with van der Waals surface area (Å²) in [4.78, 5) is 11.3. The van der Waals surface area contributed by atoms with Crippen molar-refractivity contribution in [1.82, 2.24) is 0 Å². The van der Waals surface area contributed by atoms with E-state index in [0.29, 0.717) is 5.56 Å². The van der Waals surface area contributed by atoms with Crippen LogP contribution in [0.3, 0.4) is 0 Å². The molecule has 0 atom stereocenters. The summed E-state index contributed by atoms with van der Waals surface area (Å²) in [7, 11) is 0. The molecule has 0 fully saturated rings. The highest BCUT2D eigenvalue weighted by Crippen LogP contribution is 2.21. The van der Waals surface area contributed by atoms with Crippen LogP contribution in [0.5, 0.6) is 5.75 Å². The van der Waals surface area contributed by atoms with Crippen LogP contribution in [0.2, 0.25) is 0 Å². The quantitative estimate of drug-likeness (QED) is 0.505. The largest absolute Gasteiger partial charge is 0.489 e. The van der Waals surface area contributed by atoms with E-state index in [2.05, 4.69) is 5.16 Å². The molecule has 0 aliphatic rings. The van der Waals surface area contributed by atoms with Gasteiger partial charge in [0.15, 0.2) is 5.71 Å². The number of rotatable bonds is 5. The Kier molecular flexibility index (Phi) is 4.78. The minimum atomic E-state index is -0.790. The number of hydrogen-bond acceptors (Lipinski definition) is 4. The van der Waals surface area contributed by atoms with Crippen LogP contribution in [-0.2, 0) is 11.4 Å². The molecule has 0 aliphatic carbocycles. The Bertz CT molecular complexity index is 724. The Hall–Kier alpha value is -2.82. The number of nitrogens with two attached hydrogens (primary N) is 1. The van der Waals surface area contributed by atoms with Gasteiger partial charge in [-0.05, 0) is 36.6 Å². The topological polar surface area (TPSA) is 84.9 Å². The Morgan fingerprint density at radius 3 is 2.64 bits per heavy atom. The molecule has 0 heterocycles. The molecule has 1 amide bonds. The first-order chi connectivity index (χ1) is 10.5. The summed E-state index contributed by atoms with van der Waals surface area (Å²) in [5.41, 5.74) is 8.35. The zero-order chi connectivity index (χ0) is 16.1. The van der Waals surface area contributed by atoms with Gasteiger partial charge in [-0.25, -0.2) is 0 Å². The van der Waals surface area contributed by atoms with Crippen LogP contribution in [0.4, 0.5) is 0 Å². The van der Waals surface area contributed by atoms with Crippen molar-refractivity contribution in [2.45, 2.75) is 20.5 Å². The molecule has 0 unspecified atom stereocenters. The fraction of sp³-hybridized carbons (Fsp3) is 0.176. The monoisotopic (exact) mass is 298 g/mol. The smallest absolute Gasteiger partial charge is 0.271 e. The predicted molar refractivity (Wildman–Crippen MR) is 84.2 cm³/mol. The number of primary amides is 1. The Labute approximate surface area is 129 Å². The van der Waals surface area contributed by atoms with Crippen molar-refractivity contribution >= 4 is 11.6 Å². The molecule has 0 aliphatic heterocycles. The lowest BCUT2D eigenvalue weighted by Crippen LogP contribution is -2.25. The summed E-state index contributed by atoms with van der Waals surface area (Å²) in [6.45, 7) is 4.20. The second-order valence-corrected chi connectivity index (χ2v) is 5.03. The van der Waals surface area contributed by atoms with E-state index in [1.54, 1.807) is 18.2 Å². The van der Waals surface area contributed by atoms with Crippen molar-refractivity contribution in [2.75, 3.05) is 0 Å². The first-order valence-electron chi connectivity index (χ1n) is 6.83. The van der Waals surface area contributed by atoms with Gasteiger partial charge in [0.2, 0.25) is 0 Å². The number of oxime groups is 1. The molecule has 2 aromatic rings. The van der Waals surface area contributed by atoms with E-state index in [-0.39, 0.29) is 12.3 Å². The molecular formula is C17H18N2O3. The van der Waals surface area contributed by atoms with E-state index >= 15 is 0 Å². The van der Waals surface area contributed by atoms with Crippen molar-refractivity contribution in [3.05, 3.63) is 64.7 Å². The zero-order valence-electron chi connectivity index (χ0n) is 12.5. The molecule has 2 rings (SSSR count). The molecule has 22 heavy (non-hydrogen) atoms. The summed E-state index contributed by atoms with van der Waals surface area (Å²) in [5, 5.41) is 12.0. The SMILES string of the molecule is Cc1ccc(C)c(OCc2ccccc2/C(=N/O)C(N)=O)c1. The summed E-state index contributed by atoms with van der Waals surface area (Å²) in [6, 6.07) is 13.0. The van der Waals surface area contributed by atoms with Gasteiger partial charge < -0.3 is 15.7 Å². The van der Waals surface area contributed by atoms with Crippen molar-refractivity contribution in [3.8, 4) is 5.75 Å². The molecule has 0 aromatic heterocycles. The van der Waals surface area contributed by atoms with Gasteiger partial charge >= 0.3 is 0 Å². The van der Waals surface area contributed by atoms with Gasteiger partial charge in [0.05, 0.1) is 0 Å². The Balaban J connectivity index is 2.27. The van der Waals surface area contributed by atoms with E-state index in [0.717, 1.165) is 22.4 Å². The van der Waals surface area contributed by atoms with Crippen LogP contribution in [0, 0.1) is 13.8 Å². The fourth-order valence-corrected chi connectivity index (χ4v) is 2.13.